The summed E-state index contributed by atoms with van der Waals surface area (Å²) in [5.74, 6) is 2.37. The molecule has 0 bridgehead atoms. The van der Waals surface area contributed by atoms with Gasteiger partial charge in [0.2, 0.25) is 0 Å². The molecule has 3 aromatic carbocycles. The van der Waals surface area contributed by atoms with Crippen molar-refractivity contribution in [3.05, 3.63) is 102 Å². The number of fused-ring (bicyclic) bond motifs is 1. The van der Waals surface area contributed by atoms with E-state index in [2.05, 4.69) is 42.2 Å². The second-order valence-corrected chi connectivity index (χ2v) is 10.9. The van der Waals surface area contributed by atoms with E-state index in [1.807, 2.05) is 54.7 Å². The van der Waals surface area contributed by atoms with E-state index in [1.54, 1.807) is 39.8 Å². The number of ether oxygens (including phenoxy) is 3. The Kier molecular flexibility index (Phi) is 9.14. The molecule has 0 saturated carbocycles. The van der Waals surface area contributed by atoms with Gasteiger partial charge in [0, 0.05) is 69.5 Å². The zero-order valence-electron chi connectivity index (χ0n) is 25.7. The number of piperazine rings is 1. The van der Waals surface area contributed by atoms with E-state index in [0.29, 0.717) is 33.9 Å². The van der Waals surface area contributed by atoms with Gasteiger partial charge in [0.25, 0.3) is 5.91 Å². The third-order valence-electron chi connectivity index (χ3n) is 8.03. The Morgan fingerprint density at radius 2 is 1.29 bits per heavy atom. The lowest BCUT2D eigenvalue weighted by Crippen LogP contribution is -2.45. The van der Waals surface area contributed by atoms with Crippen LogP contribution < -0.4 is 19.5 Å². The van der Waals surface area contributed by atoms with Crippen molar-refractivity contribution in [2.75, 3.05) is 52.8 Å². The number of aromatic nitrogens is 3. The lowest BCUT2D eigenvalue weighted by Gasteiger charge is -2.34. The van der Waals surface area contributed by atoms with Gasteiger partial charge in [0.1, 0.15) is 28.6 Å². The van der Waals surface area contributed by atoms with Crippen molar-refractivity contribution in [1.29, 1.82) is 0 Å². The molecule has 45 heavy (non-hydrogen) atoms. The van der Waals surface area contributed by atoms with Gasteiger partial charge in [-0.3, -0.25) is 24.6 Å². The van der Waals surface area contributed by atoms with Crippen LogP contribution in [0.1, 0.15) is 21.5 Å². The van der Waals surface area contributed by atoms with Crippen LogP contribution in [0.2, 0.25) is 0 Å². The Balaban J connectivity index is 1.08. The van der Waals surface area contributed by atoms with E-state index in [1.165, 1.54) is 5.56 Å². The SMILES string of the molecule is COc1ccc(CN2CCN(Cc3ccc(NC(=O)c4ccc(-c5cc(OC)cc(OC)c5)c5nccnc45)nc3)CC2)cc1. The van der Waals surface area contributed by atoms with E-state index >= 15 is 0 Å². The fourth-order valence-electron chi connectivity index (χ4n) is 5.56. The highest BCUT2D eigenvalue weighted by Crippen LogP contribution is 2.34. The molecule has 1 aliphatic rings. The van der Waals surface area contributed by atoms with Crippen molar-refractivity contribution in [3.8, 4) is 28.4 Å². The molecule has 10 nitrogen and oxygen atoms in total. The smallest absolute Gasteiger partial charge is 0.259 e. The van der Waals surface area contributed by atoms with E-state index in [4.69, 9.17) is 14.2 Å². The van der Waals surface area contributed by atoms with Gasteiger partial charge in [-0.1, -0.05) is 24.3 Å². The molecule has 2 aromatic heterocycles. The monoisotopic (exact) mass is 604 g/mol. The summed E-state index contributed by atoms with van der Waals surface area (Å²) in [6.07, 6.45) is 5.03. The van der Waals surface area contributed by atoms with Crippen LogP contribution in [0.15, 0.2) is 85.3 Å². The van der Waals surface area contributed by atoms with Crippen molar-refractivity contribution < 1.29 is 19.0 Å². The number of anilines is 1. The highest BCUT2D eigenvalue weighted by Gasteiger charge is 2.19. The number of hydrogen-bond donors (Lipinski definition) is 1. The highest BCUT2D eigenvalue weighted by atomic mass is 16.5. The molecule has 5 aromatic rings. The molecule has 1 aliphatic heterocycles. The van der Waals surface area contributed by atoms with Crippen LogP contribution in [0.5, 0.6) is 17.2 Å². The quantitative estimate of drug-likeness (QED) is 0.228. The minimum absolute atomic E-state index is 0.302. The topological polar surface area (TPSA) is 102 Å². The Hall–Kier alpha value is -5.06. The summed E-state index contributed by atoms with van der Waals surface area (Å²) in [7, 11) is 4.90. The maximum absolute atomic E-state index is 13.4. The van der Waals surface area contributed by atoms with Crippen LogP contribution in [0, 0.1) is 0 Å². The average Bonchev–Trinajstić information content (AvgIpc) is 3.09. The third kappa shape index (κ3) is 7.03. The van der Waals surface area contributed by atoms with Gasteiger partial charge in [-0.05, 0) is 53.1 Å². The van der Waals surface area contributed by atoms with E-state index in [0.717, 1.165) is 61.7 Å². The number of benzene rings is 3. The maximum atomic E-state index is 13.4. The summed E-state index contributed by atoms with van der Waals surface area (Å²) >= 11 is 0. The molecule has 3 heterocycles. The normalized spacial score (nSPS) is 13.8. The lowest BCUT2D eigenvalue weighted by atomic mass is 10.00. The molecule has 230 valence electrons. The molecule has 0 spiro atoms. The van der Waals surface area contributed by atoms with Crippen LogP contribution in [0.4, 0.5) is 5.82 Å². The number of carbonyl (C=O) groups is 1. The van der Waals surface area contributed by atoms with Crippen molar-refractivity contribution in [1.82, 2.24) is 24.8 Å². The molecule has 6 rings (SSSR count). The van der Waals surface area contributed by atoms with Gasteiger partial charge in [0.05, 0.1) is 32.4 Å². The molecule has 1 N–H and O–H groups in total. The summed E-state index contributed by atoms with van der Waals surface area (Å²) in [5, 5.41) is 2.93. The standard InChI is InChI=1S/C35H36N6O4/c1-43-27-7-4-24(5-8-27)22-40-14-16-41(17-15-40)23-25-6-11-32(38-21-25)39-35(42)31-10-9-30(33-34(31)37-13-12-36-33)26-18-28(44-2)20-29(19-26)45-3/h4-13,18-21H,14-17,22-23H2,1-3H3,(H,38,39,42). The number of carbonyl (C=O) groups excluding carboxylic acids is 1. The van der Waals surface area contributed by atoms with Crippen LogP contribution in [0.25, 0.3) is 22.2 Å². The fraction of sp³-hybridized carbons (Fsp3) is 0.257. The fourth-order valence-corrected chi connectivity index (χ4v) is 5.56. The molecular formula is C35H36N6O4. The van der Waals surface area contributed by atoms with Crippen molar-refractivity contribution >= 4 is 22.8 Å². The molecule has 0 unspecified atom stereocenters. The second-order valence-electron chi connectivity index (χ2n) is 10.9. The largest absolute Gasteiger partial charge is 0.497 e. The molecule has 1 saturated heterocycles. The van der Waals surface area contributed by atoms with Crippen LogP contribution >= 0.6 is 0 Å². The Bertz CT molecular complexity index is 1750. The van der Waals surface area contributed by atoms with Gasteiger partial charge in [0.15, 0.2) is 0 Å². The Morgan fingerprint density at radius 1 is 0.689 bits per heavy atom. The van der Waals surface area contributed by atoms with E-state index in [-0.39, 0.29) is 5.91 Å². The first kappa shape index (κ1) is 30.0. The van der Waals surface area contributed by atoms with Crippen LogP contribution in [-0.2, 0) is 13.1 Å². The van der Waals surface area contributed by atoms with Gasteiger partial charge >= 0.3 is 0 Å². The van der Waals surface area contributed by atoms with Crippen molar-refractivity contribution in [2.24, 2.45) is 0 Å². The molecular weight excluding hydrogens is 568 g/mol. The summed E-state index contributed by atoms with van der Waals surface area (Å²) < 4.78 is 16.2. The first-order chi connectivity index (χ1) is 22.0. The van der Waals surface area contributed by atoms with E-state index < -0.39 is 0 Å². The van der Waals surface area contributed by atoms with Gasteiger partial charge in [-0.15, -0.1) is 0 Å². The molecule has 0 aliphatic carbocycles. The maximum Gasteiger partial charge on any atom is 0.259 e. The zero-order chi connectivity index (χ0) is 31.2. The summed E-state index contributed by atoms with van der Waals surface area (Å²) in [6, 6.07) is 21.4. The minimum Gasteiger partial charge on any atom is -0.497 e. The van der Waals surface area contributed by atoms with E-state index in [9.17, 15) is 4.79 Å². The summed E-state index contributed by atoms with van der Waals surface area (Å²) in [5.41, 5.74) is 5.57. The lowest BCUT2D eigenvalue weighted by molar-refractivity contribution is 0.102. The first-order valence-electron chi connectivity index (χ1n) is 14.8. The predicted molar refractivity (Wildman–Crippen MR) is 174 cm³/mol. The summed E-state index contributed by atoms with van der Waals surface area (Å²) in [6.45, 7) is 5.74. The van der Waals surface area contributed by atoms with Gasteiger partial charge < -0.3 is 19.5 Å². The number of methoxy groups -OCH3 is 3. The van der Waals surface area contributed by atoms with Crippen LogP contribution in [0.3, 0.4) is 0 Å². The minimum atomic E-state index is -0.302. The number of hydrogen-bond acceptors (Lipinski definition) is 9. The molecule has 1 fully saturated rings. The average molecular weight is 605 g/mol. The number of nitrogens with one attached hydrogen (secondary N) is 1. The van der Waals surface area contributed by atoms with Crippen LogP contribution in [-0.4, -0.2) is 78.2 Å². The van der Waals surface area contributed by atoms with Crippen molar-refractivity contribution in [3.63, 3.8) is 0 Å². The highest BCUT2D eigenvalue weighted by molar-refractivity contribution is 6.13. The number of nitrogens with zero attached hydrogens (tertiary/aromatic N) is 5. The van der Waals surface area contributed by atoms with Crippen molar-refractivity contribution in [2.45, 2.75) is 13.1 Å². The molecule has 0 atom stereocenters. The summed E-state index contributed by atoms with van der Waals surface area (Å²) in [4.78, 5) is 31.9. The number of amides is 1. The third-order valence-corrected chi connectivity index (χ3v) is 8.03. The predicted octanol–water partition coefficient (Wildman–Crippen LogP) is 5.29. The first-order valence-corrected chi connectivity index (χ1v) is 14.8. The Labute approximate surface area is 262 Å². The number of rotatable bonds is 10. The van der Waals surface area contributed by atoms with Gasteiger partial charge in [-0.25, -0.2) is 4.98 Å². The number of pyridine rings is 1. The van der Waals surface area contributed by atoms with Gasteiger partial charge in [-0.2, -0.15) is 0 Å². The zero-order valence-corrected chi connectivity index (χ0v) is 25.7. The Morgan fingerprint density at radius 3 is 1.89 bits per heavy atom. The molecule has 1 amide bonds. The molecule has 0 radical (unpaired) electrons. The second kappa shape index (κ2) is 13.7. The molecule has 10 heteroatoms.